The number of hydrogen-bond acceptors (Lipinski definition) is 4. The van der Waals surface area contributed by atoms with Crippen molar-refractivity contribution in [3.05, 3.63) is 65.1 Å². The molecule has 0 saturated heterocycles. The minimum atomic E-state index is 0.482. The molecule has 3 heterocycles. The SMILES string of the molecule is Cc1cc(C)n(-c2cc(N)[nH]c3c(ccn2)c(-c2ccc(Cl)cc2)nn3CC2CC2)n1. The van der Waals surface area contributed by atoms with E-state index < -0.39 is 0 Å². The second-order valence-corrected chi connectivity index (χ2v) is 8.55. The van der Waals surface area contributed by atoms with E-state index in [1.807, 2.05) is 54.9 Å². The lowest BCUT2D eigenvalue weighted by Gasteiger charge is -2.02. The lowest BCUT2D eigenvalue weighted by atomic mass is 10.1. The van der Waals surface area contributed by atoms with Gasteiger partial charge in [-0.3, -0.25) is 0 Å². The van der Waals surface area contributed by atoms with E-state index in [1.165, 1.54) is 12.8 Å². The van der Waals surface area contributed by atoms with Crippen molar-refractivity contribution < 1.29 is 0 Å². The average Bonchev–Trinajstić information content (AvgIpc) is 3.38. The van der Waals surface area contributed by atoms with Crippen LogP contribution in [0.25, 0.3) is 28.1 Å². The Morgan fingerprint density at radius 2 is 1.87 bits per heavy atom. The number of benzene rings is 1. The highest BCUT2D eigenvalue weighted by molar-refractivity contribution is 6.30. The number of hydrogen-bond donors (Lipinski definition) is 2. The van der Waals surface area contributed by atoms with Gasteiger partial charge in [0.05, 0.1) is 5.69 Å². The van der Waals surface area contributed by atoms with Crippen LogP contribution in [0.2, 0.25) is 5.02 Å². The first kappa shape index (κ1) is 19.6. The second kappa shape index (κ2) is 7.74. The molecule has 0 bridgehead atoms. The number of rotatable bonds is 4. The fourth-order valence-electron chi connectivity index (χ4n) is 3.78. The zero-order chi connectivity index (χ0) is 21.5. The van der Waals surface area contributed by atoms with Gasteiger partial charge in [0.15, 0.2) is 5.82 Å². The molecule has 1 aliphatic rings. The van der Waals surface area contributed by atoms with Crippen molar-refractivity contribution in [2.45, 2.75) is 33.2 Å². The van der Waals surface area contributed by atoms with Crippen molar-refractivity contribution in [3.63, 3.8) is 0 Å². The third-order valence-corrected chi connectivity index (χ3v) is 5.71. The number of H-pyrrole nitrogens is 1. The summed E-state index contributed by atoms with van der Waals surface area (Å²) in [4.78, 5) is 8.02. The van der Waals surface area contributed by atoms with Crippen LogP contribution in [-0.2, 0) is 6.54 Å². The van der Waals surface area contributed by atoms with Gasteiger partial charge in [0.2, 0.25) is 0 Å². The molecular weight excluding hydrogens is 410 g/mol. The number of anilines is 1. The molecule has 5 rings (SSSR count). The number of nitrogens with two attached hydrogens (primary N) is 1. The van der Waals surface area contributed by atoms with Crippen LogP contribution in [-0.4, -0.2) is 29.5 Å². The molecule has 0 spiro atoms. The predicted molar refractivity (Wildman–Crippen MR) is 124 cm³/mol. The molecule has 4 aromatic rings. The van der Waals surface area contributed by atoms with E-state index in [-0.39, 0.29) is 0 Å². The summed E-state index contributed by atoms with van der Waals surface area (Å²) in [6.07, 6.45) is 4.25. The molecule has 158 valence electrons. The van der Waals surface area contributed by atoms with Crippen molar-refractivity contribution in [2.24, 2.45) is 5.92 Å². The summed E-state index contributed by atoms with van der Waals surface area (Å²) in [6, 6.07) is 13.5. The van der Waals surface area contributed by atoms with Gasteiger partial charge >= 0.3 is 0 Å². The van der Waals surface area contributed by atoms with E-state index >= 15 is 0 Å². The van der Waals surface area contributed by atoms with E-state index in [0.717, 1.165) is 40.2 Å². The van der Waals surface area contributed by atoms with Crippen LogP contribution in [0.4, 0.5) is 5.82 Å². The lowest BCUT2D eigenvalue weighted by Crippen LogP contribution is -2.04. The van der Waals surface area contributed by atoms with Gasteiger partial charge in [-0.2, -0.15) is 10.2 Å². The van der Waals surface area contributed by atoms with Crippen molar-refractivity contribution in [1.29, 1.82) is 0 Å². The minimum Gasteiger partial charge on any atom is -0.385 e. The Morgan fingerprint density at radius 3 is 2.55 bits per heavy atom. The average molecular weight is 434 g/mol. The monoisotopic (exact) mass is 433 g/mol. The Bertz CT molecular complexity index is 1310. The van der Waals surface area contributed by atoms with Crippen molar-refractivity contribution in [3.8, 4) is 17.1 Å². The van der Waals surface area contributed by atoms with Crippen LogP contribution in [0.3, 0.4) is 0 Å². The third-order valence-electron chi connectivity index (χ3n) is 5.46. The number of halogens is 1. The van der Waals surface area contributed by atoms with E-state index in [4.69, 9.17) is 22.4 Å². The lowest BCUT2D eigenvalue weighted by molar-refractivity contribution is 0.578. The molecule has 0 aliphatic heterocycles. The molecule has 1 fully saturated rings. The number of nitrogens with zero attached hydrogens (tertiary/aromatic N) is 5. The zero-order valence-electron chi connectivity index (χ0n) is 17.5. The second-order valence-electron chi connectivity index (χ2n) is 8.11. The molecule has 0 unspecified atom stereocenters. The van der Waals surface area contributed by atoms with E-state index in [0.29, 0.717) is 22.6 Å². The first-order valence-corrected chi connectivity index (χ1v) is 10.7. The van der Waals surface area contributed by atoms with Gasteiger partial charge in [0.1, 0.15) is 17.2 Å². The molecular formula is C23H24ClN7. The summed E-state index contributed by atoms with van der Waals surface area (Å²) in [6.45, 7) is 4.81. The van der Waals surface area contributed by atoms with Gasteiger partial charge in [-0.25, -0.2) is 14.3 Å². The summed E-state index contributed by atoms with van der Waals surface area (Å²) in [5.41, 5.74) is 11.0. The summed E-state index contributed by atoms with van der Waals surface area (Å²) in [7, 11) is 0. The quantitative estimate of drug-likeness (QED) is 0.473. The fraction of sp³-hybridized carbons (Fsp3) is 0.261. The Morgan fingerprint density at radius 1 is 1.10 bits per heavy atom. The van der Waals surface area contributed by atoms with Crippen LogP contribution in [0.15, 0.2) is 48.7 Å². The molecule has 3 aromatic heterocycles. The highest BCUT2D eigenvalue weighted by Gasteiger charge is 2.24. The summed E-state index contributed by atoms with van der Waals surface area (Å²) >= 11 is 6.10. The molecule has 8 heteroatoms. The van der Waals surface area contributed by atoms with Crippen molar-refractivity contribution >= 4 is 28.5 Å². The molecule has 3 N–H and O–H groups in total. The molecule has 0 radical (unpaired) electrons. The first-order valence-electron chi connectivity index (χ1n) is 10.4. The smallest absolute Gasteiger partial charge is 0.157 e. The van der Waals surface area contributed by atoms with Gasteiger partial charge in [-0.05, 0) is 56.9 Å². The topological polar surface area (TPSA) is 90.3 Å². The van der Waals surface area contributed by atoms with Crippen molar-refractivity contribution in [1.82, 2.24) is 29.5 Å². The Hall–Kier alpha value is -3.32. The number of aryl methyl sites for hydroxylation is 2. The van der Waals surface area contributed by atoms with Crippen molar-refractivity contribution in [2.75, 3.05) is 5.73 Å². The highest BCUT2D eigenvalue weighted by Crippen LogP contribution is 2.33. The van der Waals surface area contributed by atoms with Gasteiger partial charge in [0.25, 0.3) is 0 Å². The summed E-state index contributed by atoms with van der Waals surface area (Å²) < 4.78 is 3.82. The Kier molecular flexibility index (Phi) is 4.90. The maximum atomic E-state index is 6.40. The highest BCUT2D eigenvalue weighted by atomic mass is 35.5. The molecule has 1 aliphatic carbocycles. The molecule has 0 atom stereocenters. The fourth-order valence-corrected chi connectivity index (χ4v) is 3.90. The van der Waals surface area contributed by atoms with Crippen LogP contribution < -0.4 is 5.73 Å². The van der Waals surface area contributed by atoms with Crippen LogP contribution >= 0.6 is 11.6 Å². The number of nitrogen functional groups attached to an aromatic ring is 1. The number of fused-ring (bicyclic) bond motifs is 1. The largest absolute Gasteiger partial charge is 0.385 e. The molecule has 1 aromatic carbocycles. The number of aromatic nitrogens is 6. The maximum Gasteiger partial charge on any atom is 0.157 e. The van der Waals surface area contributed by atoms with Crippen LogP contribution in [0.1, 0.15) is 24.2 Å². The molecule has 0 amide bonds. The maximum absolute atomic E-state index is 6.40. The van der Waals surface area contributed by atoms with Gasteiger partial charge < -0.3 is 10.7 Å². The van der Waals surface area contributed by atoms with Gasteiger partial charge in [0, 0.05) is 40.5 Å². The summed E-state index contributed by atoms with van der Waals surface area (Å²) in [5.74, 6) is 1.79. The van der Waals surface area contributed by atoms with E-state index in [1.54, 1.807) is 16.9 Å². The first-order chi connectivity index (χ1) is 15.0. The van der Waals surface area contributed by atoms with Gasteiger partial charge in [-0.1, -0.05) is 23.7 Å². The zero-order valence-corrected chi connectivity index (χ0v) is 18.3. The molecule has 31 heavy (non-hydrogen) atoms. The Labute approximate surface area is 185 Å². The van der Waals surface area contributed by atoms with Gasteiger partial charge in [-0.15, -0.1) is 0 Å². The molecule has 1 saturated carbocycles. The minimum absolute atomic E-state index is 0.482. The van der Waals surface area contributed by atoms with Crippen LogP contribution in [0.5, 0.6) is 0 Å². The third kappa shape index (κ3) is 4.01. The number of aromatic amines is 1. The van der Waals surface area contributed by atoms with E-state index in [2.05, 4.69) is 15.1 Å². The number of nitrogens with one attached hydrogen (secondary N) is 1. The standard InChI is InChI=1S/C23H24ClN7/c1-14-11-15(2)31(28-14)21-12-20(25)27-23-19(9-10-26-21)22(17-5-7-18(24)8-6-17)29-30(23)13-16-3-4-16/h5-12,16,27H,3-4,13,25H2,1-2H3. The normalized spacial score (nSPS) is 13.5. The summed E-state index contributed by atoms with van der Waals surface area (Å²) in [5, 5.41) is 11.1. The van der Waals surface area contributed by atoms with E-state index in [9.17, 15) is 0 Å². The Balaban J connectivity index is 1.74. The predicted octanol–water partition coefficient (Wildman–Crippen LogP) is 5.00. The van der Waals surface area contributed by atoms with Crippen LogP contribution in [0, 0.1) is 19.8 Å². The molecule has 7 nitrogen and oxygen atoms in total.